The van der Waals surface area contributed by atoms with E-state index in [0.717, 1.165) is 6.07 Å². The number of aromatic carboxylic acids is 1. The topological polar surface area (TPSA) is 67.5 Å². The van der Waals surface area contributed by atoms with Gasteiger partial charge < -0.3 is 9.52 Å². The van der Waals surface area contributed by atoms with Gasteiger partial charge in [-0.15, -0.1) is 0 Å². The first kappa shape index (κ1) is 10.4. The Morgan fingerprint density at radius 3 is 2.75 bits per heavy atom. The quantitative estimate of drug-likeness (QED) is 0.748. The van der Waals surface area contributed by atoms with Gasteiger partial charge in [0.1, 0.15) is 17.0 Å². The zero-order chi connectivity index (χ0) is 11.9. The lowest BCUT2D eigenvalue weighted by Gasteiger charge is -2.03. The first-order valence-electron chi connectivity index (χ1n) is 4.47. The Hall–Kier alpha value is -2.17. The molecule has 0 saturated heterocycles. The van der Waals surface area contributed by atoms with Gasteiger partial charge in [0.2, 0.25) is 0 Å². The van der Waals surface area contributed by atoms with Crippen LogP contribution in [0.2, 0.25) is 0 Å². The number of carboxylic acids is 1. The van der Waals surface area contributed by atoms with Crippen molar-refractivity contribution < 1.29 is 18.7 Å². The molecule has 1 aromatic heterocycles. The van der Waals surface area contributed by atoms with Crippen LogP contribution >= 0.6 is 0 Å². The van der Waals surface area contributed by atoms with Gasteiger partial charge in [0, 0.05) is 11.5 Å². The molecule has 2 rings (SSSR count). The predicted octanol–water partition coefficient (Wildman–Crippen LogP) is 1.94. The molecule has 4 nitrogen and oxygen atoms in total. The summed E-state index contributed by atoms with van der Waals surface area (Å²) in [5.41, 5.74) is -1.06. The van der Waals surface area contributed by atoms with E-state index in [1.165, 1.54) is 19.1 Å². The predicted molar refractivity (Wildman–Crippen MR) is 54.1 cm³/mol. The van der Waals surface area contributed by atoms with Crippen molar-refractivity contribution in [3.8, 4) is 0 Å². The van der Waals surface area contributed by atoms with E-state index < -0.39 is 23.0 Å². The van der Waals surface area contributed by atoms with Gasteiger partial charge in [0.25, 0.3) is 0 Å². The van der Waals surface area contributed by atoms with Crippen molar-refractivity contribution >= 4 is 16.9 Å². The molecule has 0 fully saturated rings. The second-order valence-corrected chi connectivity index (χ2v) is 3.34. The van der Waals surface area contributed by atoms with Crippen LogP contribution in [0.3, 0.4) is 0 Å². The minimum absolute atomic E-state index is 0.0486. The van der Waals surface area contributed by atoms with E-state index in [-0.39, 0.29) is 11.1 Å². The maximum atomic E-state index is 12.9. The fourth-order valence-corrected chi connectivity index (χ4v) is 1.58. The molecule has 0 saturated carbocycles. The highest BCUT2D eigenvalue weighted by Crippen LogP contribution is 2.20. The Bertz CT molecular complexity index is 642. The molecule has 0 unspecified atom stereocenters. The third-order valence-electron chi connectivity index (χ3n) is 2.34. The van der Waals surface area contributed by atoms with E-state index in [1.54, 1.807) is 0 Å². The van der Waals surface area contributed by atoms with Crippen LogP contribution < -0.4 is 5.63 Å². The number of hydrogen-bond acceptors (Lipinski definition) is 3. The molecule has 2 aromatic rings. The van der Waals surface area contributed by atoms with Crippen molar-refractivity contribution in [2.75, 3.05) is 0 Å². The van der Waals surface area contributed by atoms with Gasteiger partial charge in [-0.1, -0.05) is 0 Å². The number of benzene rings is 1. The lowest BCUT2D eigenvalue weighted by atomic mass is 10.1. The van der Waals surface area contributed by atoms with Gasteiger partial charge in [0.05, 0.1) is 0 Å². The van der Waals surface area contributed by atoms with Crippen LogP contribution in [0, 0.1) is 12.7 Å². The molecule has 0 radical (unpaired) electrons. The number of halogens is 1. The molecule has 1 aromatic carbocycles. The van der Waals surface area contributed by atoms with Gasteiger partial charge in [-0.2, -0.15) is 0 Å². The second kappa shape index (κ2) is 3.44. The van der Waals surface area contributed by atoms with Crippen LogP contribution in [0.15, 0.2) is 27.4 Å². The highest BCUT2D eigenvalue weighted by molar-refractivity contribution is 5.94. The molecular formula is C11H7FO4. The number of hydrogen-bond donors (Lipinski definition) is 1. The fourth-order valence-electron chi connectivity index (χ4n) is 1.58. The van der Waals surface area contributed by atoms with Gasteiger partial charge in [-0.25, -0.2) is 14.0 Å². The Morgan fingerprint density at radius 2 is 2.12 bits per heavy atom. The van der Waals surface area contributed by atoms with Crippen molar-refractivity contribution in [1.82, 2.24) is 0 Å². The molecule has 82 valence electrons. The SMILES string of the molecule is Cc1c(C(=O)O)c(=O)oc2cc(F)ccc12. The van der Waals surface area contributed by atoms with Gasteiger partial charge >= 0.3 is 11.6 Å². The molecule has 0 aliphatic heterocycles. The number of fused-ring (bicyclic) bond motifs is 1. The molecule has 0 spiro atoms. The maximum absolute atomic E-state index is 12.9. The molecular weight excluding hydrogens is 215 g/mol. The van der Waals surface area contributed by atoms with E-state index >= 15 is 0 Å². The van der Waals surface area contributed by atoms with E-state index in [0.29, 0.717) is 5.39 Å². The van der Waals surface area contributed by atoms with Gasteiger partial charge in [0.15, 0.2) is 0 Å². The smallest absolute Gasteiger partial charge is 0.351 e. The Morgan fingerprint density at radius 1 is 1.44 bits per heavy atom. The molecule has 1 heterocycles. The molecule has 16 heavy (non-hydrogen) atoms. The summed E-state index contributed by atoms with van der Waals surface area (Å²) in [6.07, 6.45) is 0. The van der Waals surface area contributed by atoms with Crippen LogP contribution in [0.4, 0.5) is 4.39 Å². The van der Waals surface area contributed by atoms with Crippen molar-refractivity contribution in [2.45, 2.75) is 6.92 Å². The minimum Gasteiger partial charge on any atom is -0.477 e. The van der Waals surface area contributed by atoms with Crippen LogP contribution in [0.5, 0.6) is 0 Å². The highest BCUT2D eigenvalue weighted by Gasteiger charge is 2.17. The summed E-state index contributed by atoms with van der Waals surface area (Å²) in [6, 6.07) is 3.62. The average Bonchev–Trinajstić information content (AvgIpc) is 2.15. The summed E-state index contributed by atoms with van der Waals surface area (Å²) < 4.78 is 17.6. The molecule has 0 aliphatic carbocycles. The van der Waals surface area contributed by atoms with Crippen LogP contribution in [0.25, 0.3) is 11.0 Å². The standard InChI is InChI=1S/C11H7FO4/c1-5-7-3-2-6(12)4-8(7)16-11(15)9(5)10(13)14/h2-4H,1H3,(H,13,14). The second-order valence-electron chi connectivity index (χ2n) is 3.34. The first-order chi connectivity index (χ1) is 7.50. The minimum atomic E-state index is -1.35. The molecule has 0 aliphatic rings. The lowest BCUT2D eigenvalue weighted by Crippen LogP contribution is -2.15. The lowest BCUT2D eigenvalue weighted by molar-refractivity contribution is 0.0691. The van der Waals surface area contributed by atoms with Crippen LogP contribution in [-0.2, 0) is 0 Å². The van der Waals surface area contributed by atoms with Crippen molar-refractivity contribution in [3.05, 3.63) is 45.6 Å². The summed E-state index contributed by atoms with van der Waals surface area (Å²) in [7, 11) is 0. The van der Waals surface area contributed by atoms with Crippen molar-refractivity contribution in [3.63, 3.8) is 0 Å². The zero-order valence-corrected chi connectivity index (χ0v) is 8.28. The maximum Gasteiger partial charge on any atom is 0.351 e. The normalized spacial score (nSPS) is 10.6. The summed E-state index contributed by atoms with van der Waals surface area (Å²) in [6.45, 7) is 1.49. The third kappa shape index (κ3) is 1.46. The number of rotatable bonds is 1. The molecule has 0 atom stereocenters. The van der Waals surface area contributed by atoms with Crippen LogP contribution in [-0.4, -0.2) is 11.1 Å². The highest BCUT2D eigenvalue weighted by atomic mass is 19.1. The van der Waals surface area contributed by atoms with Gasteiger partial charge in [-0.3, -0.25) is 0 Å². The molecule has 0 bridgehead atoms. The largest absolute Gasteiger partial charge is 0.477 e. The van der Waals surface area contributed by atoms with Gasteiger partial charge in [-0.05, 0) is 24.6 Å². The summed E-state index contributed by atoms with van der Waals surface area (Å²) in [5, 5.41) is 9.24. The van der Waals surface area contributed by atoms with Crippen molar-refractivity contribution in [2.24, 2.45) is 0 Å². The summed E-state index contributed by atoms with van der Waals surface area (Å²) >= 11 is 0. The van der Waals surface area contributed by atoms with E-state index in [4.69, 9.17) is 9.52 Å². The summed E-state index contributed by atoms with van der Waals surface area (Å²) in [4.78, 5) is 22.2. The Kier molecular flexibility index (Phi) is 2.23. The third-order valence-corrected chi connectivity index (χ3v) is 2.34. The van der Waals surface area contributed by atoms with Crippen molar-refractivity contribution in [1.29, 1.82) is 0 Å². The zero-order valence-electron chi connectivity index (χ0n) is 8.28. The summed E-state index contributed by atoms with van der Waals surface area (Å²) in [5.74, 6) is -1.89. The monoisotopic (exact) mass is 222 g/mol. The van der Waals surface area contributed by atoms with E-state index in [1.807, 2.05) is 0 Å². The Balaban J connectivity index is 2.94. The molecule has 0 amide bonds. The Labute approximate surface area is 88.9 Å². The van der Waals surface area contributed by atoms with E-state index in [9.17, 15) is 14.0 Å². The average molecular weight is 222 g/mol. The fraction of sp³-hybridized carbons (Fsp3) is 0.0909. The molecule has 5 heteroatoms. The first-order valence-corrected chi connectivity index (χ1v) is 4.47. The number of carboxylic acid groups (broad SMARTS) is 1. The van der Waals surface area contributed by atoms with Crippen LogP contribution in [0.1, 0.15) is 15.9 Å². The molecule has 1 N–H and O–H groups in total. The number of aryl methyl sites for hydroxylation is 1. The van der Waals surface area contributed by atoms with E-state index in [2.05, 4.69) is 0 Å². The number of carbonyl (C=O) groups is 1.